The molecule has 0 unspecified atom stereocenters. The van der Waals surface area contributed by atoms with Crippen molar-refractivity contribution in [2.24, 2.45) is 4.99 Å². The van der Waals surface area contributed by atoms with Crippen LogP contribution in [0.2, 0.25) is 0 Å². The van der Waals surface area contributed by atoms with Crippen molar-refractivity contribution in [3.8, 4) is 11.5 Å². The molecular formula is C28H29N3O7S. The number of thiazole rings is 1. The standard InChI is InChI=1S/C28H29N3O7S/c1-6-36-20-12-11-18(22(15-20)37-7-2)14-23-26(32)30-25(19-10-9-16(4)21(13-19)31(34)35)24(27(33)38-8-3)17(5)29-28(30)39-23/h9-15,25H,6-8H2,1-5H3/b23-14+/t25-/m1/s1. The predicted molar refractivity (Wildman–Crippen MR) is 147 cm³/mol. The molecule has 0 aliphatic carbocycles. The lowest BCUT2D eigenvalue weighted by molar-refractivity contribution is -0.385. The van der Waals surface area contributed by atoms with Gasteiger partial charge in [0.1, 0.15) is 11.5 Å². The molecule has 0 fully saturated rings. The molecule has 0 bridgehead atoms. The summed E-state index contributed by atoms with van der Waals surface area (Å²) in [5.41, 5.74) is 1.59. The maximum absolute atomic E-state index is 13.9. The van der Waals surface area contributed by atoms with Crippen molar-refractivity contribution < 1.29 is 23.9 Å². The Morgan fingerprint density at radius 3 is 2.51 bits per heavy atom. The molecule has 204 valence electrons. The Kier molecular flexibility index (Phi) is 8.29. The minimum atomic E-state index is -0.951. The molecule has 2 aromatic carbocycles. The fraction of sp³-hybridized carbons (Fsp3) is 0.321. The second kappa shape index (κ2) is 11.6. The summed E-state index contributed by atoms with van der Waals surface area (Å²) in [6.07, 6.45) is 1.71. The molecule has 0 saturated heterocycles. The zero-order valence-electron chi connectivity index (χ0n) is 22.3. The molecular weight excluding hydrogens is 522 g/mol. The number of carbonyl (C=O) groups excluding carboxylic acids is 1. The summed E-state index contributed by atoms with van der Waals surface area (Å²) in [4.78, 5) is 43.1. The molecule has 4 rings (SSSR count). The SMILES string of the molecule is CCOC(=O)C1=C(C)N=c2s/c(=C/c3ccc(OCC)cc3OCC)c(=O)n2[C@@H]1c1ccc(C)c([N+](=O)[O-])c1. The normalized spacial score (nSPS) is 15.0. The van der Waals surface area contributed by atoms with Gasteiger partial charge in [0.05, 0.1) is 46.6 Å². The molecule has 1 aliphatic heterocycles. The average molecular weight is 552 g/mol. The number of allylic oxidation sites excluding steroid dienone is 1. The molecule has 3 aromatic rings. The van der Waals surface area contributed by atoms with Crippen LogP contribution in [0.25, 0.3) is 6.08 Å². The number of aryl methyl sites for hydroxylation is 1. The second-order valence-corrected chi connectivity index (χ2v) is 9.68. The van der Waals surface area contributed by atoms with Crippen LogP contribution in [-0.4, -0.2) is 35.3 Å². The van der Waals surface area contributed by atoms with Gasteiger partial charge in [-0.3, -0.25) is 19.5 Å². The van der Waals surface area contributed by atoms with Crippen LogP contribution >= 0.6 is 11.3 Å². The molecule has 0 saturated carbocycles. The zero-order chi connectivity index (χ0) is 28.3. The van der Waals surface area contributed by atoms with Gasteiger partial charge in [-0.15, -0.1) is 0 Å². The fourth-order valence-corrected chi connectivity index (χ4v) is 5.45. The largest absolute Gasteiger partial charge is 0.494 e. The van der Waals surface area contributed by atoms with Crippen LogP contribution in [0.1, 0.15) is 50.4 Å². The van der Waals surface area contributed by atoms with E-state index in [0.717, 1.165) is 11.3 Å². The third-order valence-corrected chi connectivity index (χ3v) is 7.13. The van der Waals surface area contributed by atoms with E-state index < -0.39 is 22.5 Å². The van der Waals surface area contributed by atoms with Gasteiger partial charge >= 0.3 is 5.97 Å². The van der Waals surface area contributed by atoms with Crippen molar-refractivity contribution in [3.63, 3.8) is 0 Å². The first-order valence-electron chi connectivity index (χ1n) is 12.5. The second-order valence-electron chi connectivity index (χ2n) is 8.67. The number of rotatable bonds is 9. The van der Waals surface area contributed by atoms with E-state index in [1.807, 2.05) is 19.9 Å². The molecule has 11 heteroatoms. The van der Waals surface area contributed by atoms with Crippen molar-refractivity contribution in [1.82, 2.24) is 4.57 Å². The van der Waals surface area contributed by atoms with Gasteiger partial charge in [0.15, 0.2) is 4.80 Å². The Morgan fingerprint density at radius 1 is 1.10 bits per heavy atom. The average Bonchev–Trinajstić information content (AvgIpc) is 3.19. The highest BCUT2D eigenvalue weighted by Gasteiger charge is 2.34. The minimum absolute atomic E-state index is 0.108. The number of ether oxygens (including phenoxy) is 3. The molecule has 0 radical (unpaired) electrons. The van der Waals surface area contributed by atoms with E-state index in [4.69, 9.17) is 14.2 Å². The third-order valence-electron chi connectivity index (χ3n) is 6.15. The Labute approximate surface area is 228 Å². The van der Waals surface area contributed by atoms with Crippen LogP contribution in [0.15, 0.2) is 57.5 Å². The summed E-state index contributed by atoms with van der Waals surface area (Å²) in [5.74, 6) is 0.574. The lowest BCUT2D eigenvalue weighted by Crippen LogP contribution is -2.40. The summed E-state index contributed by atoms with van der Waals surface area (Å²) in [6.45, 7) is 9.78. The molecule has 0 N–H and O–H groups in total. The third kappa shape index (κ3) is 5.49. The quantitative estimate of drug-likeness (QED) is 0.225. The molecule has 1 atom stereocenters. The zero-order valence-corrected chi connectivity index (χ0v) is 23.2. The summed E-state index contributed by atoms with van der Waals surface area (Å²) < 4.78 is 18.4. The number of fused-ring (bicyclic) bond motifs is 1. The van der Waals surface area contributed by atoms with E-state index in [-0.39, 0.29) is 17.9 Å². The number of hydrogen-bond acceptors (Lipinski definition) is 9. The number of nitrogens with zero attached hydrogens (tertiary/aromatic N) is 3. The first kappa shape index (κ1) is 27.8. The van der Waals surface area contributed by atoms with E-state index in [1.165, 1.54) is 10.6 Å². The molecule has 1 aliphatic rings. The topological polar surface area (TPSA) is 122 Å². The first-order chi connectivity index (χ1) is 18.7. The van der Waals surface area contributed by atoms with Gasteiger partial charge in [0.25, 0.3) is 11.2 Å². The Hall–Kier alpha value is -4.25. The van der Waals surface area contributed by atoms with Crippen molar-refractivity contribution in [1.29, 1.82) is 0 Å². The number of hydrogen-bond donors (Lipinski definition) is 0. The Balaban J connectivity index is 1.96. The van der Waals surface area contributed by atoms with E-state index in [2.05, 4.69) is 4.99 Å². The van der Waals surface area contributed by atoms with E-state index >= 15 is 0 Å². The number of aromatic nitrogens is 1. The highest BCUT2D eigenvalue weighted by atomic mass is 32.1. The van der Waals surface area contributed by atoms with Gasteiger partial charge in [-0.05, 0) is 58.4 Å². The van der Waals surface area contributed by atoms with Crippen LogP contribution < -0.4 is 24.4 Å². The van der Waals surface area contributed by atoms with Crippen LogP contribution in [0.4, 0.5) is 5.69 Å². The number of benzene rings is 2. The number of nitro groups is 1. The summed E-state index contributed by atoms with van der Waals surface area (Å²) in [6, 6.07) is 9.11. The fourth-order valence-electron chi connectivity index (χ4n) is 4.41. The lowest BCUT2D eigenvalue weighted by atomic mass is 9.94. The smallest absolute Gasteiger partial charge is 0.338 e. The summed E-state index contributed by atoms with van der Waals surface area (Å²) in [7, 11) is 0. The number of carbonyl (C=O) groups is 1. The van der Waals surface area contributed by atoms with Crippen LogP contribution in [0.3, 0.4) is 0 Å². The van der Waals surface area contributed by atoms with Crippen molar-refractivity contribution in [3.05, 3.63) is 94.2 Å². The summed E-state index contributed by atoms with van der Waals surface area (Å²) >= 11 is 1.16. The number of esters is 1. The molecule has 0 amide bonds. The van der Waals surface area contributed by atoms with Gasteiger partial charge in [-0.1, -0.05) is 23.5 Å². The van der Waals surface area contributed by atoms with Gasteiger partial charge in [0.2, 0.25) is 0 Å². The maximum Gasteiger partial charge on any atom is 0.338 e. The van der Waals surface area contributed by atoms with Gasteiger partial charge in [0, 0.05) is 23.3 Å². The van der Waals surface area contributed by atoms with E-state index in [0.29, 0.717) is 56.4 Å². The highest BCUT2D eigenvalue weighted by Crippen LogP contribution is 2.33. The van der Waals surface area contributed by atoms with Gasteiger partial charge in [-0.2, -0.15) is 0 Å². The van der Waals surface area contributed by atoms with E-state index in [1.54, 1.807) is 51.1 Å². The van der Waals surface area contributed by atoms with Crippen LogP contribution in [-0.2, 0) is 9.53 Å². The number of nitro benzene ring substituents is 1. The van der Waals surface area contributed by atoms with E-state index in [9.17, 15) is 19.7 Å². The predicted octanol–water partition coefficient (Wildman–Crippen LogP) is 3.81. The summed E-state index contributed by atoms with van der Waals surface area (Å²) in [5, 5.41) is 11.7. The minimum Gasteiger partial charge on any atom is -0.494 e. The lowest BCUT2D eigenvalue weighted by Gasteiger charge is -2.24. The van der Waals surface area contributed by atoms with Gasteiger partial charge < -0.3 is 14.2 Å². The van der Waals surface area contributed by atoms with Crippen LogP contribution in [0.5, 0.6) is 11.5 Å². The first-order valence-corrected chi connectivity index (χ1v) is 13.4. The van der Waals surface area contributed by atoms with Crippen molar-refractivity contribution >= 4 is 29.1 Å². The molecule has 1 aromatic heterocycles. The van der Waals surface area contributed by atoms with Crippen LogP contribution in [0, 0.1) is 17.0 Å². The van der Waals surface area contributed by atoms with Crippen molar-refractivity contribution in [2.45, 2.75) is 40.7 Å². The molecule has 0 spiro atoms. The van der Waals surface area contributed by atoms with Crippen molar-refractivity contribution in [2.75, 3.05) is 19.8 Å². The Bertz CT molecular complexity index is 1650. The molecule has 2 heterocycles. The highest BCUT2D eigenvalue weighted by molar-refractivity contribution is 7.07. The maximum atomic E-state index is 13.9. The van der Waals surface area contributed by atoms with Gasteiger partial charge in [-0.25, -0.2) is 9.79 Å². The molecule has 39 heavy (non-hydrogen) atoms. The monoisotopic (exact) mass is 551 g/mol. The Morgan fingerprint density at radius 2 is 1.85 bits per heavy atom. The molecule has 10 nitrogen and oxygen atoms in total.